The molecule has 22 heavy (non-hydrogen) atoms. The second kappa shape index (κ2) is 97.9. The van der Waals surface area contributed by atoms with Crippen LogP contribution in [0, 0.1) is 0 Å². The first kappa shape index (κ1) is 66.1. The molecule has 0 aliphatic carbocycles. The van der Waals surface area contributed by atoms with E-state index in [2.05, 4.69) is 20.8 Å². The molecule has 0 fully saturated rings. The van der Waals surface area contributed by atoms with Crippen LogP contribution in [0.1, 0.15) is 59.3 Å². The summed E-state index contributed by atoms with van der Waals surface area (Å²) in [4.78, 5) is 0. The Bertz CT molecular complexity index is 65.9. The molecule has 0 spiro atoms. The van der Waals surface area contributed by atoms with Crippen LogP contribution in [0.25, 0.3) is 0 Å². The average molecular weight is 404 g/mol. The summed E-state index contributed by atoms with van der Waals surface area (Å²) in [5.74, 6) is 0. The van der Waals surface area contributed by atoms with Gasteiger partial charge >= 0.3 is 0 Å². The fourth-order valence-electron chi connectivity index (χ4n) is 0.474. The molecule has 0 bridgehead atoms. The van der Waals surface area contributed by atoms with Crippen LogP contribution in [-0.2, 0) is 64.5 Å². The van der Waals surface area contributed by atoms with Crippen LogP contribution >= 0.6 is 0 Å². The van der Waals surface area contributed by atoms with Crippen molar-refractivity contribution < 1.29 is 79.8 Å². The van der Waals surface area contributed by atoms with Crippen molar-refractivity contribution in [1.29, 1.82) is 0 Å². The Morgan fingerprint density at radius 2 is 0.591 bits per heavy atom. The van der Waals surface area contributed by atoms with E-state index < -0.39 is 0 Å². The first-order valence-corrected chi connectivity index (χ1v) is 6.07. The quantitative estimate of drug-likeness (QED) is 0.605. The summed E-state index contributed by atoms with van der Waals surface area (Å²) in [5.41, 5.74) is 0. The van der Waals surface area contributed by atoms with E-state index >= 15 is 0 Å². The van der Waals surface area contributed by atoms with E-state index in [9.17, 15) is 0 Å². The number of unbranched alkanes of at least 4 members (excludes halogenated alkanes) is 3. The smallest absolute Gasteiger partial charge is 0.0430 e. The molecule has 0 atom stereocenters. The summed E-state index contributed by atoms with van der Waals surface area (Å²) in [7, 11) is 0. The largest absolute Gasteiger partial charge is 2.00 e. The third-order valence-electron chi connectivity index (χ3n) is 1.54. The molecule has 0 saturated heterocycles. The summed E-state index contributed by atoms with van der Waals surface area (Å²) in [6.07, 6.45) is 6.11. The van der Waals surface area contributed by atoms with Gasteiger partial charge in [-0.15, -0.1) is 0 Å². The van der Waals surface area contributed by atoms with Crippen LogP contribution < -0.4 is 0 Å². The number of rotatable bonds is 6. The third-order valence-corrected chi connectivity index (χ3v) is 1.54. The minimum absolute atomic E-state index is 0. The fourth-order valence-corrected chi connectivity index (χ4v) is 0.474. The van der Waals surface area contributed by atoms with Crippen molar-refractivity contribution >= 4 is 0 Å². The molecule has 0 heterocycles. The second-order valence-electron chi connectivity index (χ2n) is 3.23. The van der Waals surface area contributed by atoms with Crippen molar-refractivity contribution in [3.8, 4) is 0 Å². The Morgan fingerprint density at radius 3 is 0.591 bits per heavy atom. The van der Waals surface area contributed by atoms with Gasteiger partial charge in [-0.2, -0.15) is 0 Å². The predicted molar refractivity (Wildman–Crippen MR) is 69.4 cm³/mol. The van der Waals surface area contributed by atoms with Gasteiger partial charge in [-0.05, 0) is 19.3 Å². The van der Waals surface area contributed by atoms with Gasteiger partial charge in [-0.1, -0.05) is 40.0 Å². The molecule has 146 valence electrons. The average Bonchev–Trinajstić information content (AvgIpc) is 2.23. The summed E-state index contributed by atoms with van der Waals surface area (Å²) >= 11 is 0. The standard InChI is InChI=1S/3C4H10O.5O.2V/c3*1-2-3-4-5;;;;;;;/h3*5H,2-4H2,1H3;;;;;;;/q;;;5*-2;;. The zero-order valence-corrected chi connectivity index (χ0v) is 16.4. The molecule has 0 unspecified atom stereocenters. The van der Waals surface area contributed by atoms with Crippen molar-refractivity contribution in [1.82, 2.24) is 0 Å². The van der Waals surface area contributed by atoms with Gasteiger partial charge in [-0.3, -0.25) is 0 Å². The molecule has 10 heteroatoms. The summed E-state index contributed by atoms with van der Waals surface area (Å²) in [6.45, 7) is 7.19. The number of hydrogen-bond donors (Lipinski definition) is 3. The van der Waals surface area contributed by atoms with Crippen LogP contribution in [0.3, 0.4) is 0 Å². The van der Waals surface area contributed by atoms with Crippen LogP contribution in [0.15, 0.2) is 0 Å². The van der Waals surface area contributed by atoms with E-state index in [0.717, 1.165) is 38.5 Å². The topological polar surface area (TPSA) is 203 Å². The normalized spacial score (nSPS) is 5.73. The van der Waals surface area contributed by atoms with Crippen LogP contribution in [0.4, 0.5) is 0 Å². The third kappa shape index (κ3) is 175. The zero-order chi connectivity index (χ0) is 12.4. The van der Waals surface area contributed by atoms with Crippen molar-refractivity contribution in [3.63, 3.8) is 0 Å². The van der Waals surface area contributed by atoms with Gasteiger partial charge in [0.05, 0.1) is 0 Å². The van der Waals surface area contributed by atoms with Crippen molar-refractivity contribution in [2.45, 2.75) is 59.3 Å². The minimum Gasteiger partial charge on any atom is -2.00 e. The van der Waals surface area contributed by atoms with Crippen molar-refractivity contribution in [2.24, 2.45) is 0 Å². The van der Waals surface area contributed by atoms with Crippen LogP contribution in [0.2, 0.25) is 0 Å². The first-order chi connectivity index (χ1) is 7.24. The summed E-state index contributed by atoms with van der Waals surface area (Å²) < 4.78 is 0. The summed E-state index contributed by atoms with van der Waals surface area (Å²) in [5, 5.41) is 24.2. The molecular weight excluding hydrogens is 374 g/mol. The van der Waals surface area contributed by atoms with E-state index in [0.29, 0.717) is 19.8 Å². The van der Waals surface area contributed by atoms with Gasteiger partial charge in [0.15, 0.2) is 0 Å². The van der Waals surface area contributed by atoms with E-state index in [1.807, 2.05) is 0 Å². The van der Waals surface area contributed by atoms with Gasteiger partial charge in [0.2, 0.25) is 0 Å². The Hall–Kier alpha value is 0.849. The molecule has 8 nitrogen and oxygen atoms in total. The molecule has 3 N–H and O–H groups in total. The van der Waals surface area contributed by atoms with Gasteiger partial charge in [0.1, 0.15) is 0 Å². The maximum absolute atomic E-state index is 8.07. The Balaban J connectivity index is -0.0000000106. The molecule has 0 aliphatic rings. The molecule has 0 amide bonds. The van der Waals surface area contributed by atoms with E-state index in [-0.39, 0.29) is 64.5 Å². The fraction of sp³-hybridized carbons (Fsp3) is 1.00. The SMILES string of the molecule is CCCCO.CCCCO.CCCCO.[O-2].[O-2].[O-2].[O-2].[O-2].[V].[V]. The maximum atomic E-state index is 8.07. The van der Waals surface area contributed by atoms with Gasteiger partial charge < -0.3 is 42.7 Å². The van der Waals surface area contributed by atoms with Crippen LogP contribution in [-0.4, -0.2) is 35.1 Å². The molecule has 0 aromatic carbocycles. The van der Waals surface area contributed by atoms with E-state index in [1.165, 1.54) is 0 Å². The molecule has 0 aromatic rings. The van der Waals surface area contributed by atoms with Crippen molar-refractivity contribution in [2.75, 3.05) is 19.8 Å². The predicted octanol–water partition coefficient (Wildman–Crippen LogP) is 1.74. The minimum atomic E-state index is 0. The Labute approximate surface area is 159 Å². The van der Waals surface area contributed by atoms with Crippen LogP contribution in [0.5, 0.6) is 0 Å². The first-order valence-electron chi connectivity index (χ1n) is 6.07. The summed E-state index contributed by atoms with van der Waals surface area (Å²) in [6, 6.07) is 0. The van der Waals surface area contributed by atoms with Crippen molar-refractivity contribution in [3.05, 3.63) is 0 Å². The number of aliphatic hydroxyl groups is 3. The van der Waals surface area contributed by atoms with E-state index in [1.54, 1.807) is 0 Å². The monoisotopic (exact) mass is 404 g/mol. The Morgan fingerprint density at radius 1 is 0.455 bits per heavy atom. The Kier molecular flexibility index (Phi) is 294. The molecule has 0 rings (SSSR count). The van der Waals surface area contributed by atoms with Gasteiger partial charge in [0, 0.05) is 56.9 Å². The maximum Gasteiger partial charge on any atom is 0.0430 e. The number of hydrogen-bond acceptors (Lipinski definition) is 3. The molecule has 0 saturated carbocycles. The van der Waals surface area contributed by atoms with Gasteiger partial charge in [-0.25, -0.2) is 0 Å². The molecule has 0 aliphatic heterocycles. The zero-order valence-electron chi connectivity index (χ0n) is 13.6. The molecular formula is C12H30O8V2-10. The molecule has 0 aromatic heterocycles. The molecule has 2 radical (unpaired) electrons. The van der Waals surface area contributed by atoms with Gasteiger partial charge in [0.25, 0.3) is 0 Å². The number of aliphatic hydroxyl groups excluding tert-OH is 3. The second-order valence-corrected chi connectivity index (χ2v) is 3.23. The van der Waals surface area contributed by atoms with E-state index in [4.69, 9.17) is 15.3 Å².